The second kappa shape index (κ2) is 7.33. The number of thioether (sulfide) groups is 1. The number of carbonyl (C=O) groups is 2. The van der Waals surface area contributed by atoms with Crippen molar-refractivity contribution < 1.29 is 14.0 Å². The summed E-state index contributed by atoms with van der Waals surface area (Å²) in [7, 11) is 1.65. The molecule has 26 heavy (non-hydrogen) atoms. The normalized spacial score (nSPS) is 15.3. The van der Waals surface area contributed by atoms with Crippen molar-refractivity contribution in [2.75, 3.05) is 11.9 Å². The van der Waals surface area contributed by atoms with Gasteiger partial charge in [-0.05, 0) is 44.2 Å². The molecule has 1 aliphatic heterocycles. The standard InChI is InChI=1S/C20H19FN2O2S/c1-12(2)22-19(24)14-8-9-17-16(10-14)23(3)20(25)18(26-17)11-13-6-4-5-7-15(13)21/h4-12H,1-3H3,(H,22,24). The summed E-state index contributed by atoms with van der Waals surface area (Å²) in [5.41, 5.74) is 1.54. The monoisotopic (exact) mass is 370 g/mol. The van der Waals surface area contributed by atoms with Crippen molar-refractivity contribution in [3.8, 4) is 0 Å². The first-order chi connectivity index (χ1) is 12.4. The van der Waals surface area contributed by atoms with Crippen LogP contribution in [0, 0.1) is 5.82 Å². The molecule has 0 aromatic heterocycles. The molecule has 1 N–H and O–H groups in total. The van der Waals surface area contributed by atoms with Gasteiger partial charge in [0.25, 0.3) is 11.8 Å². The molecule has 0 bridgehead atoms. The highest BCUT2D eigenvalue weighted by Gasteiger charge is 2.27. The number of rotatable bonds is 3. The summed E-state index contributed by atoms with van der Waals surface area (Å²) in [6, 6.07) is 11.6. The number of nitrogens with zero attached hydrogens (tertiary/aromatic N) is 1. The second-order valence-corrected chi connectivity index (χ2v) is 7.39. The number of nitrogens with one attached hydrogen (secondary N) is 1. The molecule has 1 heterocycles. The van der Waals surface area contributed by atoms with Crippen molar-refractivity contribution in [2.24, 2.45) is 0 Å². The molecular formula is C20H19FN2O2S. The lowest BCUT2D eigenvalue weighted by Gasteiger charge is -2.27. The van der Waals surface area contributed by atoms with Crippen LogP contribution in [0.4, 0.5) is 10.1 Å². The van der Waals surface area contributed by atoms with Crippen LogP contribution in [-0.4, -0.2) is 24.9 Å². The molecular weight excluding hydrogens is 351 g/mol. The minimum absolute atomic E-state index is 0.0302. The number of halogens is 1. The van der Waals surface area contributed by atoms with Gasteiger partial charge in [-0.25, -0.2) is 4.39 Å². The molecule has 2 aromatic rings. The Bertz CT molecular complexity index is 908. The smallest absolute Gasteiger partial charge is 0.264 e. The highest BCUT2D eigenvalue weighted by Crippen LogP contribution is 2.42. The fourth-order valence-electron chi connectivity index (χ4n) is 2.61. The number of fused-ring (bicyclic) bond motifs is 1. The third kappa shape index (κ3) is 3.65. The average Bonchev–Trinajstić information content (AvgIpc) is 2.60. The van der Waals surface area contributed by atoms with Crippen molar-refractivity contribution >= 4 is 35.3 Å². The third-order valence-corrected chi connectivity index (χ3v) is 5.01. The highest BCUT2D eigenvalue weighted by atomic mass is 32.2. The van der Waals surface area contributed by atoms with Gasteiger partial charge in [0.05, 0.1) is 10.6 Å². The number of benzene rings is 2. The Hall–Kier alpha value is -2.60. The zero-order chi connectivity index (χ0) is 18.8. The Morgan fingerprint density at radius 3 is 2.65 bits per heavy atom. The number of likely N-dealkylation sites (N-methyl/N-ethyl adjacent to an activating group) is 1. The van der Waals surface area contributed by atoms with E-state index in [1.54, 1.807) is 43.5 Å². The van der Waals surface area contributed by atoms with Crippen molar-refractivity contribution in [3.63, 3.8) is 0 Å². The third-order valence-electron chi connectivity index (χ3n) is 3.93. The van der Waals surface area contributed by atoms with Crippen molar-refractivity contribution in [3.05, 3.63) is 64.3 Å². The lowest BCUT2D eigenvalue weighted by molar-refractivity contribution is -0.114. The van der Waals surface area contributed by atoms with E-state index in [9.17, 15) is 14.0 Å². The zero-order valence-corrected chi connectivity index (χ0v) is 15.6. The van der Waals surface area contributed by atoms with E-state index < -0.39 is 0 Å². The summed E-state index contributed by atoms with van der Waals surface area (Å²) >= 11 is 1.28. The lowest BCUT2D eigenvalue weighted by atomic mass is 10.1. The molecule has 2 amide bonds. The Kier molecular flexibility index (Phi) is 5.13. The fourth-order valence-corrected chi connectivity index (χ4v) is 3.70. The van der Waals surface area contributed by atoms with E-state index in [0.717, 1.165) is 4.90 Å². The van der Waals surface area contributed by atoms with Gasteiger partial charge in [-0.1, -0.05) is 30.0 Å². The average molecular weight is 370 g/mol. The summed E-state index contributed by atoms with van der Waals surface area (Å²) < 4.78 is 13.9. The highest BCUT2D eigenvalue weighted by molar-refractivity contribution is 8.04. The molecule has 0 saturated heterocycles. The van der Waals surface area contributed by atoms with E-state index in [-0.39, 0.29) is 23.7 Å². The molecule has 0 fully saturated rings. The van der Waals surface area contributed by atoms with Gasteiger partial charge in [-0.2, -0.15) is 0 Å². The summed E-state index contributed by atoms with van der Waals surface area (Å²) in [6.45, 7) is 3.78. The molecule has 0 saturated carbocycles. The van der Waals surface area contributed by atoms with Crippen LogP contribution in [0.5, 0.6) is 0 Å². The summed E-state index contributed by atoms with van der Waals surface area (Å²) in [5.74, 6) is -0.781. The topological polar surface area (TPSA) is 49.4 Å². The van der Waals surface area contributed by atoms with E-state index in [4.69, 9.17) is 0 Å². The number of amides is 2. The van der Waals surface area contributed by atoms with Crippen LogP contribution in [0.1, 0.15) is 29.8 Å². The van der Waals surface area contributed by atoms with Crippen molar-refractivity contribution in [2.45, 2.75) is 24.8 Å². The van der Waals surface area contributed by atoms with E-state index in [0.29, 0.717) is 21.7 Å². The maximum Gasteiger partial charge on any atom is 0.264 e. The summed E-state index contributed by atoms with van der Waals surface area (Å²) in [5, 5.41) is 2.84. The minimum Gasteiger partial charge on any atom is -0.350 e. The number of hydrogen-bond acceptors (Lipinski definition) is 3. The molecule has 6 heteroatoms. The van der Waals surface area contributed by atoms with Crippen LogP contribution in [0.2, 0.25) is 0 Å². The van der Waals surface area contributed by atoms with Crippen LogP contribution in [-0.2, 0) is 4.79 Å². The molecule has 0 atom stereocenters. The van der Waals surface area contributed by atoms with Crippen molar-refractivity contribution in [1.82, 2.24) is 5.32 Å². The number of anilines is 1. The Morgan fingerprint density at radius 1 is 1.23 bits per heavy atom. The van der Waals surface area contributed by atoms with Gasteiger partial charge in [0.1, 0.15) is 5.82 Å². The van der Waals surface area contributed by atoms with Crippen LogP contribution >= 0.6 is 11.8 Å². The van der Waals surface area contributed by atoms with Gasteiger partial charge in [-0.3, -0.25) is 9.59 Å². The Labute approximate surface area is 156 Å². The van der Waals surface area contributed by atoms with Gasteiger partial charge in [-0.15, -0.1) is 0 Å². The van der Waals surface area contributed by atoms with E-state index >= 15 is 0 Å². The lowest BCUT2D eigenvalue weighted by Crippen LogP contribution is -2.32. The van der Waals surface area contributed by atoms with Gasteiger partial charge in [0.2, 0.25) is 0 Å². The van der Waals surface area contributed by atoms with E-state index in [1.165, 1.54) is 22.7 Å². The fraction of sp³-hybridized carbons (Fsp3) is 0.200. The molecule has 0 unspecified atom stereocenters. The van der Waals surface area contributed by atoms with Crippen LogP contribution in [0.3, 0.4) is 0 Å². The van der Waals surface area contributed by atoms with Crippen LogP contribution in [0.15, 0.2) is 52.3 Å². The molecule has 3 rings (SSSR count). The first-order valence-corrected chi connectivity index (χ1v) is 9.05. The molecule has 134 valence electrons. The quantitative estimate of drug-likeness (QED) is 0.829. The maximum atomic E-state index is 13.9. The summed E-state index contributed by atoms with van der Waals surface area (Å²) in [4.78, 5) is 27.6. The molecule has 2 aromatic carbocycles. The van der Waals surface area contributed by atoms with Gasteiger partial charge < -0.3 is 10.2 Å². The van der Waals surface area contributed by atoms with Gasteiger partial charge >= 0.3 is 0 Å². The van der Waals surface area contributed by atoms with Crippen LogP contribution < -0.4 is 10.2 Å². The molecule has 4 nitrogen and oxygen atoms in total. The van der Waals surface area contributed by atoms with E-state index in [2.05, 4.69) is 5.32 Å². The molecule has 0 aliphatic carbocycles. The minimum atomic E-state index is -0.373. The van der Waals surface area contributed by atoms with Gasteiger partial charge in [0, 0.05) is 29.1 Å². The predicted octanol–water partition coefficient (Wildman–Crippen LogP) is 4.07. The number of hydrogen-bond donors (Lipinski definition) is 1. The molecule has 0 radical (unpaired) electrons. The largest absolute Gasteiger partial charge is 0.350 e. The van der Waals surface area contributed by atoms with Crippen molar-refractivity contribution in [1.29, 1.82) is 0 Å². The summed E-state index contributed by atoms with van der Waals surface area (Å²) in [6.07, 6.45) is 1.56. The molecule has 0 spiro atoms. The predicted molar refractivity (Wildman–Crippen MR) is 103 cm³/mol. The zero-order valence-electron chi connectivity index (χ0n) is 14.7. The Balaban J connectivity index is 1.95. The molecule has 1 aliphatic rings. The first kappa shape index (κ1) is 18.2. The first-order valence-electron chi connectivity index (χ1n) is 8.24. The van der Waals surface area contributed by atoms with E-state index in [1.807, 2.05) is 19.9 Å². The SMILES string of the molecule is CC(C)NC(=O)c1ccc2c(c1)N(C)C(=O)C(=Cc1ccccc1F)S2. The van der Waals surface area contributed by atoms with Gasteiger partial charge in [0.15, 0.2) is 0 Å². The number of carbonyl (C=O) groups excluding carboxylic acids is 2. The Morgan fingerprint density at radius 2 is 1.96 bits per heavy atom. The maximum absolute atomic E-state index is 13.9. The second-order valence-electron chi connectivity index (χ2n) is 6.31. The van der Waals surface area contributed by atoms with Crippen LogP contribution in [0.25, 0.3) is 6.08 Å².